The van der Waals surface area contributed by atoms with Crippen molar-refractivity contribution >= 4 is 11.3 Å². The molecule has 0 saturated heterocycles. The van der Waals surface area contributed by atoms with Crippen molar-refractivity contribution in [2.45, 2.75) is 26.2 Å². The zero-order chi connectivity index (χ0) is 12.6. The highest BCUT2D eigenvalue weighted by atomic mass is 32.1. The first-order valence-corrected chi connectivity index (χ1v) is 7.31. The Morgan fingerprint density at radius 1 is 1.33 bits per heavy atom. The second-order valence-corrected chi connectivity index (χ2v) is 6.26. The summed E-state index contributed by atoms with van der Waals surface area (Å²) in [5, 5.41) is 3.40. The van der Waals surface area contributed by atoms with Gasteiger partial charge in [-0.3, -0.25) is 0 Å². The molecule has 0 bridgehead atoms. The zero-order valence-corrected chi connectivity index (χ0v) is 11.5. The van der Waals surface area contributed by atoms with Gasteiger partial charge >= 0.3 is 0 Å². The molecule has 0 unspecified atom stereocenters. The van der Waals surface area contributed by atoms with Gasteiger partial charge in [-0.2, -0.15) is 0 Å². The van der Waals surface area contributed by atoms with Crippen molar-refractivity contribution in [3.8, 4) is 11.3 Å². The Morgan fingerprint density at radius 3 is 2.78 bits per heavy atom. The van der Waals surface area contributed by atoms with E-state index < -0.39 is 0 Å². The van der Waals surface area contributed by atoms with Crippen LogP contribution < -0.4 is 5.73 Å². The summed E-state index contributed by atoms with van der Waals surface area (Å²) in [5.74, 6) is 0. The first kappa shape index (κ1) is 11.9. The van der Waals surface area contributed by atoms with E-state index in [2.05, 4.69) is 36.6 Å². The lowest BCUT2D eigenvalue weighted by molar-refractivity contribution is 0.520. The minimum atomic E-state index is 0.376. The van der Waals surface area contributed by atoms with E-state index in [-0.39, 0.29) is 0 Å². The lowest BCUT2D eigenvalue weighted by Gasteiger charge is -2.08. The molecule has 0 radical (unpaired) electrons. The molecule has 1 aromatic carbocycles. The lowest BCUT2D eigenvalue weighted by atomic mass is 10.0. The highest BCUT2D eigenvalue weighted by Gasteiger charge is 2.41. The van der Waals surface area contributed by atoms with Crippen LogP contribution in [0, 0.1) is 12.3 Å². The summed E-state index contributed by atoms with van der Waals surface area (Å²) in [6.07, 6.45) is 3.59. The molecular formula is C15H18N2S. The third kappa shape index (κ3) is 2.20. The normalized spacial score (nSPS) is 16.8. The fraction of sp³-hybridized carbons (Fsp3) is 0.400. The molecule has 1 aliphatic rings. The third-order valence-corrected chi connectivity index (χ3v) is 4.74. The molecule has 18 heavy (non-hydrogen) atoms. The lowest BCUT2D eigenvalue weighted by Crippen LogP contribution is -2.17. The van der Waals surface area contributed by atoms with E-state index in [0.29, 0.717) is 5.41 Å². The van der Waals surface area contributed by atoms with E-state index in [1.807, 2.05) is 0 Å². The molecule has 1 fully saturated rings. The van der Waals surface area contributed by atoms with Gasteiger partial charge in [0.1, 0.15) is 0 Å². The number of rotatable bonds is 4. The summed E-state index contributed by atoms with van der Waals surface area (Å²) in [5.41, 5.74) is 9.86. The van der Waals surface area contributed by atoms with E-state index in [1.165, 1.54) is 29.0 Å². The summed E-state index contributed by atoms with van der Waals surface area (Å²) in [4.78, 5) is 4.78. The maximum atomic E-state index is 5.84. The van der Waals surface area contributed by atoms with Crippen LogP contribution in [0.1, 0.15) is 23.4 Å². The molecule has 0 spiro atoms. The van der Waals surface area contributed by atoms with Crippen LogP contribution in [0.15, 0.2) is 29.6 Å². The Morgan fingerprint density at radius 2 is 2.11 bits per heavy atom. The van der Waals surface area contributed by atoms with Crippen LogP contribution in [-0.2, 0) is 6.42 Å². The summed E-state index contributed by atoms with van der Waals surface area (Å²) in [6.45, 7) is 2.93. The molecule has 2 N–H and O–H groups in total. The standard InChI is InChI=1S/C15H18N2S/c1-11-4-2-3-5-12(11)13-9-18-14(17-13)8-15(10-16)6-7-15/h2-5,9H,6-8,10,16H2,1H3. The minimum absolute atomic E-state index is 0.376. The zero-order valence-electron chi connectivity index (χ0n) is 10.6. The molecule has 2 nitrogen and oxygen atoms in total. The van der Waals surface area contributed by atoms with Crippen molar-refractivity contribution in [2.24, 2.45) is 11.1 Å². The van der Waals surface area contributed by atoms with Crippen molar-refractivity contribution < 1.29 is 0 Å². The fourth-order valence-electron chi connectivity index (χ4n) is 2.33. The van der Waals surface area contributed by atoms with Crippen LogP contribution >= 0.6 is 11.3 Å². The summed E-state index contributed by atoms with van der Waals surface area (Å²) >= 11 is 1.77. The smallest absolute Gasteiger partial charge is 0.0938 e. The summed E-state index contributed by atoms with van der Waals surface area (Å²) in [6, 6.07) is 8.42. The average Bonchev–Trinajstić information content (AvgIpc) is 3.00. The fourth-order valence-corrected chi connectivity index (χ4v) is 3.29. The van der Waals surface area contributed by atoms with Gasteiger partial charge in [-0.15, -0.1) is 11.3 Å². The predicted molar refractivity (Wildman–Crippen MR) is 76.7 cm³/mol. The number of nitrogens with two attached hydrogens (primary N) is 1. The van der Waals surface area contributed by atoms with Gasteiger partial charge in [-0.25, -0.2) is 4.98 Å². The molecular weight excluding hydrogens is 240 g/mol. The summed E-state index contributed by atoms with van der Waals surface area (Å²) < 4.78 is 0. The molecule has 1 saturated carbocycles. The van der Waals surface area contributed by atoms with Gasteiger partial charge in [0.05, 0.1) is 10.7 Å². The third-order valence-electron chi connectivity index (χ3n) is 3.89. The molecule has 1 aliphatic carbocycles. The van der Waals surface area contributed by atoms with Crippen LogP contribution in [0.2, 0.25) is 0 Å². The number of hydrogen-bond acceptors (Lipinski definition) is 3. The first-order chi connectivity index (χ1) is 8.72. The minimum Gasteiger partial charge on any atom is -0.330 e. The maximum absolute atomic E-state index is 5.84. The average molecular weight is 258 g/mol. The topological polar surface area (TPSA) is 38.9 Å². The van der Waals surface area contributed by atoms with E-state index >= 15 is 0 Å². The van der Waals surface area contributed by atoms with Crippen LogP contribution in [-0.4, -0.2) is 11.5 Å². The van der Waals surface area contributed by atoms with Gasteiger partial charge in [0.2, 0.25) is 0 Å². The predicted octanol–water partition coefficient (Wildman–Crippen LogP) is 3.40. The van der Waals surface area contributed by atoms with Gasteiger partial charge in [-0.1, -0.05) is 24.3 Å². The van der Waals surface area contributed by atoms with Crippen LogP contribution in [0.3, 0.4) is 0 Å². The van der Waals surface area contributed by atoms with E-state index in [0.717, 1.165) is 18.7 Å². The van der Waals surface area contributed by atoms with E-state index in [9.17, 15) is 0 Å². The molecule has 0 aliphatic heterocycles. The van der Waals surface area contributed by atoms with Gasteiger partial charge in [-0.05, 0) is 37.3 Å². The second kappa shape index (κ2) is 4.48. The van der Waals surface area contributed by atoms with E-state index in [1.54, 1.807) is 11.3 Å². The molecule has 1 aromatic heterocycles. The molecule has 2 aromatic rings. The van der Waals surface area contributed by atoms with Gasteiger partial charge < -0.3 is 5.73 Å². The summed E-state index contributed by atoms with van der Waals surface area (Å²) in [7, 11) is 0. The second-order valence-electron chi connectivity index (χ2n) is 5.32. The Balaban J connectivity index is 1.84. The van der Waals surface area contributed by atoms with Crippen LogP contribution in [0.5, 0.6) is 0 Å². The molecule has 3 heteroatoms. The van der Waals surface area contributed by atoms with Crippen molar-refractivity contribution in [3.63, 3.8) is 0 Å². The van der Waals surface area contributed by atoms with Crippen LogP contribution in [0.25, 0.3) is 11.3 Å². The van der Waals surface area contributed by atoms with Gasteiger partial charge in [0.15, 0.2) is 0 Å². The van der Waals surface area contributed by atoms with Crippen molar-refractivity contribution in [3.05, 3.63) is 40.2 Å². The van der Waals surface area contributed by atoms with E-state index in [4.69, 9.17) is 10.7 Å². The Hall–Kier alpha value is -1.19. The van der Waals surface area contributed by atoms with Gasteiger partial charge in [0.25, 0.3) is 0 Å². The number of benzene rings is 1. The van der Waals surface area contributed by atoms with Crippen molar-refractivity contribution in [2.75, 3.05) is 6.54 Å². The number of thiazole rings is 1. The Labute approximate surface area is 112 Å². The SMILES string of the molecule is Cc1ccccc1-c1csc(CC2(CN)CC2)n1. The molecule has 0 atom stereocenters. The number of nitrogens with zero attached hydrogens (tertiary/aromatic N) is 1. The largest absolute Gasteiger partial charge is 0.330 e. The highest BCUT2D eigenvalue weighted by Crippen LogP contribution is 2.47. The van der Waals surface area contributed by atoms with Gasteiger partial charge in [0, 0.05) is 17.4 Å². The number of aryl methyl sites for hydroxylation is 1. The van der Waals surface area contributed by atoms with Crippen molar-refractivity contribution in [1.29, 1.82) is 0 Å². The van der Waals surface area contributed by atoms with Crippen LogP contribution in [0.4, 0.5) is 0 Å². The molecule has 3 rings (SSSR count). The molecule has 0 amide bonds. The number of aromatic nitrogens is 1. The van der Waals surface area contributed by atoms with Crippen molar-refractivity contribution in [1.82, 2.24) is 4.98 Å². The highest BCUT2D eigenvalue weighted by molar-refractivity contribution is 7.09. The quantitative estimate of drug-likeness (QED) is 0.913. The monoisotopic (exact) mass is 258 g/mol. The molecule has 1 heterocycles. The molecule has 94 valence electrons. The number of hydrogen-bond donors (Lipinski definition) is 1. The Kier molecular flexibility index (Phi) is 2.96. The Bertz CT molecular complexity index is 555. The first-order valence-electron chi connectivity index (χ1n) is 6.43. The maximum Gasteiger partial charge on any atom is 0.0938 e.